The minimum atomic E-state index is -0.107. The predicted octanol–water partition coefficient (Wildman–Crippen LogP) is 2.18. The molecule has 8 heteroatoms. The van der Waals surface area contributed by atoms with Crippen LogP contribution in [0.1, 0.15) is 25.1 Å². The highest BCUT2D eigenvalue weighted by Crippen LogP contribution is 2.15. The number of para-hydroxylation sites is 1. The molecule has 142 valence electrons. The number of hydrogen-bond acceptors (Lipinski definition) is 5. The van der Waals surface area contributed by atoms with E-state index in [0.29, 0.717) is 34.9 Å². The van der Waals surface area contributed by atoms with E-state index in [1.165, 1.54) is 0 Å². The van der Waals surface area contributed by atoms with E-state index in [2.05, 4.69) is 15.3 Å². The van der Waals surface area contributed by atoms with Gasteiger partial charge in [0.2, 0.25) is 5.91 Å². The highest BCUT2D eigenvalue weighted by Gasteiger charge is 2.21. The lowest BCUT2D eigenvalue weighted by molar-refractivity contribution is -0.131. The van der Waals surface area contributed by atoms with Crippen LogP contribution in [0.2, 0.25) is 0 Å². The van der Waals surface area contributed by atoms with Gasteiger partial charge in [-0.25, -0.2) is 4.98 Å². The molecule has 1 aromatic heterocycles. The zero-order chi connectivity index (χ0) is 17.6. The number of carbonyl (C=O) groups excluding carboxylic acids is 1. The van der Waals surface area contributed by atoms with Gasteiger partial charge in [0.15, 0.2) is 0 Å². The van der Waals surface area contributed by atoms with Crippen LogP contribution in [-0.4, -0.2) is 52.7 Å². The van der Waals surface area contributed by atoms with E-state index in [-0.39, 0.29) is 23.9 Å². The van der Waals surface area contributed by atoms with Crippen LogP contribution in [0.5, 0.6) is 0 Å². The van der Waals surface area contributed by atoms with Crippen LogP contribution in [-0.2, 0) is 10.5 Å². The second-order valence-electron chi connectivity index (χ2n) is 6.28. The Morgan fingerprint density at radius 3 is 2.81 bits per heavy atom. The number of likely N-dealkylation sites (tertiary alicyclic amines) is 1. The van der Waals surface area contributed by atoms with E-state index >= 15 is 0 Å². The molecule has 1 aromatic carbocycles. The summed E-state index contributed by atoms with van der Waals surface area (Å²) in [6.07, 6.45) is 2.59. The van der Waals surface area contributed by atoms with Gasteiger partial charge < -0.3 is 15.2 Å². The van der Waals surface area contributed by atoms with E-state index in [9.17, 15) is 9.59 Å². The number of hydrogen-bond donors (Lipinski definition) is 2. The number of piperidine rings is 1. The van der Waals surface area contributed by atoms with Crippen molar-refractivity contribution in [3.63, 3.8) is 0 Å². The largest absolute Gasteiger partial charge is 0.343 e. The van der Waals surface area contributed by atoms with Gasteiger partial charge in [-0.2, -0.15) is 11.8 Å². The molecule has 3 rings (SSSR count). The fourth-order valence-corrected chi connectivity index (χ4v) is 3.90. The molecule has 1 aliphatic heterocycles. The molecule has 0 unspecified atom stereocenters. The second kappa shape index (κ2) is 9.94. The molecule has 26 heavy (non-hydrogen) atoms. The Morgan fingerprint density at radius 2 is 2.08 bits per heavy atom. The zero-order valence-corrected chi connectivity index (χ0v) is 16.5. The third kappa shape index (κ3) is 5.22. The molecule has 0 atom stereocenters. The monoisotopic (exact) mass is 396 g/mol. The summed E-state index contributed by atoms with van der Waals surface area (Å²) in [5.74, 6) is 2.23. The normalized spacial score (nSPS) is 15.0. The zero-order valence-electron chi connectivity index (χ0n) is 14.9. The molecular formula is C18H25ClN4O2S. The van der Waals surface area contributed by atoms with Gasteiger partial charge in [0.1, 0.15) is 5.82 Å². The quantitative estimate of drug-likeness (QED) is 0.732. The lowest BCUT2D eigenvalue weighted by Gasteiger charge is -2.31. The summed E-state index contributed by atoms with van der Waals surface area (Å²) >= 11 is 1.63. The number of aromatic amines is 1. The lowest BCUT2D eigenvalue weighted by Crippen LogP contribution is -2.44. The van der Waals surface area contributed by atoms with Crippen molar-refractivity contribution in [3.05, 3.63) is 40.4 Å². The van der Waals surface area contributed by atoms with Crippen molar-refractivity contribution in [2.75, 3.05) is 25.9 Å². The Bertz CT molecular complexity index is 790. The smallest absolute Gasteiger partial charge is 0.258 e. The third-order valence-corrected chi connectivity index (χ3v) is 5.59. The number of aromatic nitrogens is 2. The highest BCUT2D eigenvalue weighted by molar-refractivity contribution is 7.98. The van der Waals surface area contributed by atoms with Crippen molar-refractivity contribution >= 4 is 41.0 Å². The average Bonchev–Trinajstić information content (AvgIpc) is 2.65. The Morgan fingerprint density at radius 1 is 1.35 bits per heavy atom. The number of H-pyrrole nitrogens is 1. The number of benzene rings is 1. The van der Waals surface area contributed by atoms with Crippen molar-refractivity contribution < 1.29 is 4.79 Å². The first-order valence-electron chi connectivity index (χ1n) is 8.68. The van der Waals surface area contributed by atoms with E-state index in [4.69, 9.17) is 0 Å². The van der Waals surface area contributed by atoms with Crippen molar-refractivity contribution in [1.29, 1.82) is 0 Å². The van der Waals surface area contributed by atoms with Gasteiger partial charge in [0, 0.05) is 31.3 Å². The first-order valence-corrected chi connectivity index (χ1v) is 9.83. The predicted molar refractivity (Wildman–Crippen MR) is 109 cm³/mol. The molecule has 0 saturated carbocycles. The molecule has 6 nitrogen and oxygen atoms in total. The molecule has 1 aliphatic rings. The third-order valence-electron chi connectivity index (χ3n) is 4.62. The molecule has 0 spiro atoms. The topological polar surface area (TPSA) is 78.1 Å². The maximum atomic E-state index is 12.3. The summed E-state index contributed by atoms with van der Waals surface area (Å²) in [7, 11) is 1.98. The number of rotatable bonds is 6. The van der Waals surface area contributed by atoms with Crippen LogP contribution in [0, 0.1) is 0 Å². The molecule has 0 bridgehead atoms. The summed E-state index contributed by atoms with van der Waals surface area (Å²) in [4.78, 5) is 33.5. The van der Waals surface area contributed by atoms with E-state index in [1.54, 1.807) is 17.8 Å². The minimum Gasteiger partial charge on any atom is -0.343 e. The Balaban J connectivity index is 0.00000243. The number of halogens is 1. The van der Waals surface area contributed by atoms with Gasteiger partial charge in [0.05, 0.1) is 16.7 Å². The summed E-state index contributed by atoms with van der Waals surface area (Å²) in [5, 5.41) is 3.88. The van der Waals surface area contributed by atoms with Gasteiger partial charge in [-0.05, 0) is 32.0 Å². The highest BCUT2D eigenvalue weighted by atomic mass is 35.5. The van der Waals surface area contributed by atoms with Gasteiger partial charge in [0.25, 0.3) is 5.56 Å². The number of carbonyl (C=O) groups is 1. The molecule has 2 N–H and O–H groups in total. The van der Waals surface area contributed by atoms with E-state index in [1.807, 2.05) is 30.1 Å². The molecule has 1 amide bonds. The van der Waals surface area contributed by atoms with Crippen LogP contribution in [0.4, 0.5) is 0 Å². The molecule has 1 saturated heterocycles. The molecule has 0 aliphatic carbocycles. The van der Waals surface area contributed by atoms with Crippen LogP contribution in [0.15, 0.2) is 29.1 Å². The van der Waals surface area contributed by atoms with Crippen LogP contribution in [0.3, 0.4) is 0 Å². The second-order valence-corrected chi connectivity index (χ2v) is 7.38. The first kappa shape index (κ1) is 20.7. The van der Waals surface area contributed by atoms with Crippen LogP contribution >= 0.6 is 24.2 Å². The van der Waals surface area contributed by atoms with Crippen LogP contribution < -0.4 is 10.9 Å². The summed E-state index contributed by atoms with van der Waals surface area (Å²) in [5.41, 5.74) is 0.606. The lowest BCUT2D eigenvalue weighted by atomic mass is 10.1. The molecular weight excluding hydrogens is 372 g/mol. The van der Waals surface area contributed by atoms with Gasteiger partial charge in [-0.3, -0.25) is 9.59 Å². The summed E-state index contributed by atoms with van der Waals surface area (Å²) in [6.45, 7) is 1.68. The van der Waals surface area contributed by atoms with Crippen LogP contribution in [0.25, 0.3) is 10.9 Å². The maximum absolute atomic E-state index is 12.3. The molecule has 0 radical (unpaired) electrons. The molecule has 1 fully saturated rings. The summed E-state index contributed by atoms with van der Waals surface area (Å²) < 4.78 is 0. The number of thioether (sulfide) groups is 1. The standard InChI is InChI=1S/C18H24N4O2S.ClH/c1-19-13-6-9-22(10-7-13)17(23)8-11-25-12-16-20-15-5-3-2-4-14(15)18(24)21-16;/h2-5,13,19H,6-12H2,1H3,(H,20,21,24);1H. The van der Waals surface area contributed by atoms with Crippen molar-refractivity contribution in [2.45, 2.75) is 31.1 Å². The number of amides is 1. The summed E-state index contributed by atoms with van der Waals surface area (Å²) in [6, 6.07) is 7.86. The van der Waals surface area contributed by atoms with E-state index < -0.39 is 0 Å². The van der Waals surface area contributed by atoms with Crippen molar-refractivity contribution in [3.8, 4) is 0 Å². The Kier molecular flexibility index (Phi) is 7.93. The van der Waals surface area contributed by atoms with Gasteiger partial charge >= 0.3 is 0 Å². The van der Waals surface area contributed by atoms with Crippen molar-refractivity contribution in [2.24, 2.45) is 0 Å². The molecule has 2 heterocycles. The SMILES string of the molecule is CNC1CCN(C(=O)CCSCc2nc3ccccc3c(=O)[nH]2)CC1.Cl. The number of fused-ring (bicyclic) bond motifs is 1. The molecule has 2 aromatic rings. The van der Waals surface area contributed by atoms with Gasteiger partial charge in [-0.1, -0.05) is 12.1 Å². The van der Waals surface area contributed by atoms with E-state index in [0.717, 1.165) is 31.7 Å². The Labute approximate surface area is 163 Å². The number of nitrogens with zero attached hydrogens (tertiary/aromatic N) is 2. The maximum Gasteiger partial charge on any atom is 0.258 e. The fraction of sp³-hybridized carbons (Fsp3) is 0.500. The van der Waals surface area contributed by atoms with Gasteiger partial charge in [-0.15, -0.1) is 12.4 Å². The first-order chi connectivity index (χ1) is 12.2. The number of nitrogens with one attached hydrogen (secondary N) is 2. The minimum absolute atomic E-state index is 0. The Hall–Kier alpha value is -1.57. The average molecular weight is 397 g/mol. The fourth-order valence-electron chi connectivity index (χ4n) is 3.11. The van der Waals surface area contributed by atoms with Crippen molar-refractivity contribution in [1.82, 2.24) is 20.2 Å².